The van der Waals surface area contributed by atoms with Gasteiger partial charge in [0.15, 0.2) is 5.65 Å². The molecule has 0 aliphatic rings. The van der Waals surface area contributed by atoms with Crippen LogP contribution in [0.5, 0.6) is 0 Å². The maximum atomic E-state index is 4.50. The number of H-pyrrole nitrogens is 2. The first-order valence-corrected chi connectivity index (χ1v) is 9.36. The summed E-state index contributed by atoms with van der Waals surface area (Å²) < 4.78 is 1.99. The normalized spacial score (nSPS) is 11.5. The molecule has 9 heteroatoms. The second-order valence-corrected chi connectivity index (χ2v) is 6.98. The van der Waals surface area contributed by atoms with Gasteiger partial charge in [0.2, 0.25) is 0 Å². The third kappa shape index (κ3) is 2.56. The van der Waals surface area contributed by atoms with Crippen molar-refractivity contribution in [3.05, 3.63) is 67.4 Å². The first-order chi connectivity index (χ1) is 14.8. The molecule has 0 radical (unpaired) electrons. The number of aromatic amines is 2. The smallest absolute Gasteiger partial charge is 0.155 e. The van der Waals surface area contributed by atoms with Gasteiger partial charge in [0.1, 0.15) is 11.3 Å². The number of pyridine rings is 2. The molecule has 6 heterocycles. The summed E-state index contributed by atoms with van der Waals surface area (Å²) >= 11 is 0. The predicted octanol–water partition coefficient (Wildman–Crippen LogP) is 3.45. The van der Waals surface area contributed by atoms with Gasteiger partial charge in [-0.05, 0) is 25.1 Å². The summed E-state index contributed by atoms with van der Waals surface area (Å²) in [6.07, 6.45) is 12.4. The van der Waals surface area contributed by atoms with Gasteiger partial charge in [-0.1, -0.05) is 0 Å². The maximum absolute atomic E-state index is 4.50. The van der Waals surface area contributed by atoms with Gasteiger partial charge in [0.25, 0.3) is 0 Å². The van der Waals surface area contributed by atoms with Crippen molar-refractivity contribution in [1.82, 2.24) is 44.7 Å². The number of nitrogens with zero attached hydrogens (tertiary/aromatic N) is 7. The first kappa shape index (κ1) is 16.5. The van der Waals surface area contributed by atoms with Gasteiger partial charge in [0.05, 0.1) is 35.3 Å². The molecule has 0 fully saturated rings. The Morgan fingerprint density at radius 3 is 2.70 bits per heavy atom. The van der Waals surface area contributed by atoms with Crippen molar-refractivity contribution >= 4 is 22.1 Å². The summed E-state index contributed by atoms with van der Waals surface area (Å²) in [6, 6.07) is 6.04. The fourth-order valence-corrected chi connectivity index (χ4v) is 3.62. The highest BCUT2D eigenvalue weighted by Crippen LogP contribution is 2.31. The average molecular weight is 393 g/mol. The van der Waals surface area contributed by atoms with Crippen molar-refractivity contribution in [3.8, 4) is 28.3 Å². The van der Waals surface area contributed by atoms with E-state index in [2.05, 4.69) is 46.2 Å². The van der Waals surface area contributed by atoms with Crippen LogP contribution in [0.4, 0.5) is 0 Å². The fourth-order valence-electron chi connectivity index (χ4n) is 3.62. The van der Waals surface area contributed by atoms with Crippen molar-refractivity contribution in [3.63, 3.8) is 0 Å². The van der Waals surface area contributed by atoms with E-state index in [1.54, 1.807) is 37.3 Å². The summed E-state index contributed by atoms with van der Waals surface area (Å²) in [5, 5.41) is 9.39. The van der Waals surface area contributed by atoms with Crippen LogP contribution in [0.25, 0.3) is 50.4 Å². The Kier molecular flexibility index (Phi) is 3.48. The topological polar surface area (TPSA) is 114 Å². The Labute approximate surface area is 169 Å². The lowest BCUT2D eigenvalue weighted by Crippen LogP contribution is -1.91. The van der Waals surface area contributed by atoms with Crippen LogP contribution in [0.15, 0.2) is 61.7 Å². The Morgan fingerprint density at radius 2 is 1.87 bits per heavy atom. The lowest BCUT2D eigenvalue weighted by molar-refractivity contribution is 1.06. The Hall–Kier alpha value is -4.40. The van der Waals surface area contributed by atoms with Crippen molar-refractivity contribution in [2.45, 2.75) is 6.92 Å². The molecule has 0 unspecified atom stereocenters. The molecule has 6 aromatic heterocycles. The molecule has 30 heavy (non-hydrogen) atoms. The monoisotopic (exact) mass is 393 g/mol. The molecule has 6 rings (SSSR count). The van der Waals surface area contributed by atoms with Gasteiger partial charge in [0, 0.05) is 47.3 Å². The molecule has 9 nitrogen and oxygen atoms in total. The minimum absolute atomic E-state index is 0.703. The van der Waals surface area contributed by atoms with Crippen LogP contribution in [-0.4, -0.2) is 44.7 Å². The third-order valence-electron chi connectivity index (χ3n) is 5.03. The van der Waals surface area contributed by atoms with Gasteiger partial charge >= 0.3 is 0 Å². The molecule has 2 N–H and O–H groups in total. The van der Waals surface area contributed by atoms with Gasteiger partial charge < -0.3 is 9.55 Å². The van der Waals surface area contributed by atoms with Gasteiger partial charge in [-0.2, -0.15) is 5.10 Å². The number of imidazole rings is 1. The highest BCUT2D eigenvalue weighted by atomic mass is 15.2. The van der Waals surface area contributed by atoms with Crippen LogP contribution in [0, 0.1) is 6.92 Å². The highest BCUT2D eigenvalue weighted by molar-refractivity contribution is 5.96. The summed E-state index contributed by atoms with van der Waals surface area (Å²) in [6.45, 7) is 1.97. The number of nitrogens with one attached hydrogen (secondary N) is 2. The zero-order valence-electron chi connectivity index (χ0n) is 15.9. The maximum Gasteiger partial charge on any atom is 0.155 e. The molecular weight excluding hydrogens is 378 g/mol. The molecule has 0 saturated carbocycles. The van der Waals surface area contributed by atoms with E-state index >= 15 is 0 Å². The van der Waals surface area contributed by atoms with Crippen molar-refractivity contribution in [2.75, 3.05) is 0 Å². The standard InChI is InChI=1S/C21H15N9/c1-12-10-30(11-26-12)18-2-3-24-20-14(18)7-16(27-20)19-15-6-13(8-25-21(15)29-28-19)17-9-22-4-5-23-17/h2-11H,1H3,(H,24,27)(H,25,28,29). The van der Waals surface area contributed by atoms with Crippen LogP contribution in [0.2, 0.25) is 0 Å². The molecule has 6 aromatic rings. The van der Waals surface area contributed by atoms with E-state index in [1.165, 1.54) is 0 Å². The van der Waals surface area contributed by atoms with Gasteiger partial charge in [-0.25, -0.2) is 15.0 Å². The lowest BCUT2D eigenvalue weighted by Gasteiger charge is -2.02. The quantitative estimate of drug-likeness (QED) is 0.476. The largest absolute Gasteiger partial charge is 0.338 e. The molecule has 144 valence electrons. The van der Waals surface area contributed by atoms with Crippen molar-refractivity contribution in [1.29, 1.82) is 0 Å². The Morgan fingerprint density at radius 1 is 0.900 bits per heavy atom. The molecule has 0 amide bonds. The van der Waals surface area contributed by atoms with Crippen LogP contribution in [-0.2, 0) is 0 Å². The summed E-state index contributed by atoms with van der Waals surface area (Å²) in [5.74, 6) is 0. The number of hydrogen-bond acceptors (Lipinski definition) is 6. The Bertz CT molecular complexity index is 1510. The lowest BCUT2D eigenvalue weighted by atomic mass is 10.1. The number of fused-ring (bicyclic) bond motifs is 2. The molecule has 0 bridgehead atoms. The average Bonchev–Trinajstić information content (AvgIpc) is 3.51. The minimum atomic E-state index is 0.703. The summed E-state index contributed by atoms with van der Waals surface area (Å²) in [7, 11) is 0. The van der Waals surface area contributed by atoms with E-state index in [0.29, 0.717) is 5.65 Å². The zero-order valence-corrected chi connectivity index (χ0v) is 15.9. The molecule has 0 aromatic carbocycles. The molecular formula is C21H15N9. The third-order valence-corrected chi connectivity index (χ3v) is 5.03. The van der Waals surface area contributed by atoms with E-state index in [4.69, 9.17) is 0 Å². The second-order valence-electron chi connectivity index (χ2n) is 6.98. The first-order valence-electron chi connectivity index (χ1n) is 9.36. The van der Waals surface area contributed by atoms with Crippen molar-refractivity contribution < 1.29 is 0 Å². The second kappa shape index (κ2) is 6.31. The number of hydrogen-bond donors (Lipinski definition) is 2. The number of aryl methyl sites for hydroxylation is 1. The van der Waals surface area contributed by atoms with E-state index in [9.17, 15) is 0 Å². The van der Waals surface area contributed by atoms with E-state index in [1.807, 2.05) is 29.8 Å². The fraction of sp³-hybridized carbons (Fsp3) is 0.0476. The van der Waals surface area contributed by atoms with Crippen LogP contribution in [0.3, 0.4) is 0 Å². The zero-order chi connectivity index (χ0) is 20.1. The van der Waals surface area contributed by atoms with Crippen molar-refractivity contribution in [2.24, 2.45) is 0 Å². The predicted molar refractivity (Wildman–Crippen MR) is 112 cm³/mol. The SMILES string of the molecule is Cc1cn(-c2ccnc3[nH]c(-c4n[nH]c5ncc(-c6cnccn6)cc45)cc23)cn1. The molecule has 0 aliphatic heterocycles. The summed E-state index contributed by atoms with van der Waals surface area (Å²) in [5.41, 5.74) is 6.70. The molecule has 0 saturated heterocycles. The Balaban J connectivity index is 1.52. The minimum Gasteiger partial charge on any atom is -0.338 e. The highest BCUT2D eigenvalue weighted by Gasteiger charge is 2.15. The number of rotatable bonds is 3. The summed E-state index contributed by atoms with van der Waals surface area (Å²) in [4.78, 5) is 25.2. The van der Waals surface area contributed by atoms with E-state index < -0.39 is 0 Å². The molecule has 0 aliphatic carbocycles. The van der Waals surface area contributed by atoms with Crippen LogP contribution >= 0.6 is 0 Å². The van der Waals surface area contributed by atoms with Crippen LogP contribution < -0.4 is 0 Å². The number of aromatic nitrogens is 9. The molecule has 0 spiro atoms. The van der Waals surface area contributed by atoms with E-state index in [-0.39, 0.29) is 0 Å². The van der Waals surface area contributed by atoms with E-state index in [0.717, 1.165) is 50.4 Å². The van der Waals surface area contributed by atoms with Gasteiger partial charge in [-0.15, -0.1) is 0 Å². The van der Waals surface area contributed by atoms with Gasteiger partial charge in [-0.3, -0.25) is 15.1 Å². The van der Waals surface area contributed by atoms with Crippen LogP contribution in [0.1, 0.15) is 5.69 Å². The molecule has 0 atom stereocenters.